The molecule has 1 aromatic rings. The van der Waals surface area contributed by atoms with Crippen molar-refractivity contribution in [1.82, 2.24) is 4.90 Å². The molecule has 1 fully saturated rings. The van der Waals surface area contributed by atoms with Crippen LogP contribution in [0.5, 0.6) is 0 Å². The Kier molecular flexibility index (Phi) is 3.87. The fourth-order valence-corrected chi connectivity index (χ4v) is 2.62. The Hall–Kier alpha value is -0.540. The minimum Gasteiger partial charge on any atom is -0.338 e. The van der Waals surface area contributed by atoms with Crippen molar-refractivity contribution in [1.29, 1.82) is 0 Å². The monoisotopic (exact) mass is 301 g/mol. The van der Waals surface area contributed by atoms with Crippen molar-refractivity contribution in [3.63, 3.8) is 0 Å². The van der Waals surface area contributed by atoms with Crippen LogP contribution in [0.4, 0.5) is 0 Å². The molecule has 1 aromatic carbocycles. The second-order valence-electron chi connectivity index (χ2n) is 4.01. The van der Waals surface area contributed by atoms with E-state index in [1.165, 1.54) is 0 Å². The molecule has 2 rings (SSSR count). The summed E-state index contributed by atoms with van der Waals surface area (Å²) in [4.78, 5) is 13.5. The molecule has 16 heavy (non-hydrogen) atoms. The van der Waals surface area contributed by atoms with Gasteiger partial charge in [0.1, 0.15) is 0 Å². The molecule has 4 heteroatoms. The maximum absolute atomic E-state index is 11.7. The van der Waals surface area contributed by atoms with Crippen LogP contribution in [0, 0.1) is 0 Å². The van der Waals surface area contributed by atoms with Crippen LogP contribution in [-0.2, 0) is 11.3 Å². The zero-order valence-corrected chi connectivity index (χ0v) is 11.2. The largest absolute Gasteiger partial charge is 0.338 e. The van der Waals surface area contributed by atoms with E-state index in [1.54, 1.807) is 0 Å². The number of nitrogens with zero attached hydrogens (tertiary/aromatic N) is 1. The summed E-state index contributed by atoms with van der Waals surface area (Å²) >= 11 is 9.50. The van der Waals surface area contributed by atoms with Gasteiger partial charge in [0, 0.05) is 29.0 Å². The molecule has 0 spiro atoms. The van der Waals surface area contributed by atoms with Gasteiger partial charge in [-0.1, -0.05) is 33.6 Å². The minimum atomic E-state index is 0.241. The van der Waals surface area contributed by atoms with Crippen molar-refractivity contribution in [3.8, 4) is 0 Å². The Morgan fingerprint density at radius 1 is 1.38 bits per heavy atom. The van der Waals surface area contributed by atoms with Crippen molar-refractivity contribution in [2.75, 3.05) is 6.54 Å². The standard InChI is InChI=1S/C12H13BrClNO/c13-10-5-4-9(11(14)7-10)8-15-6-2-1-3-12(15)16/h4-5,7H,1-3,6,8H2. The lowest BCUT2D eigenvalue weighted by molar-refractivity contribution is -0.133. The van der Waals surface area contributed by atoms with E-state index in [0.29, 0.717) is 18.0 Å². The molecule has 0 aromatic heterocycles. The van der Waals surface area contributed by atoms with Crippen LogP contribution in [0.25, 0.3) is 0 Å². The summed E-state index contributed by atoms with van der Waals surface area (Å²) in [5.74, 6) is 0.241. The number of carbonyl (C=O) groups is 1. The minimum absolute atomic E-state index is 0.241. The lowest BCUT2D eigenvalue weighted by Gasteiger charge is -2.27. The van der Waals surface area contributed by atoms with Crippen molar-refractivity contribution >= 4 is 33.4 Å². The van der Waals surface area contributed by atoms with E-state index in [1.807, 2.05) is 23.1 Å². The fraction of sp³-hybridized carbons (Fsp3) is 0.417. The van der Waals surface area contributed by atoms with E-state index in [-0.39, 0.29) is 5.91 Å². The highest BCUT2D eigenvalue weighted by molar-refractivity contribution is 9.10. The Bertz CT molecular complexity index is 408. The fourth-order valence-electron chi connectivity index (χ4n) is 1.88. The molecule has 0 atom stereocenters. The molecule has 0 aliphatic carbocycles. The number of carbonyl (C=O) groups excluding carboxylic acids is 1. The highest BCUT2D eigenvalue weighted by atomic mass is 79.9. The molecule has 1 saturated heterocycles. The Morgan fingerprint density at radius 3 is 2.88 bits per heavy atom. The normalized spacial score (nSPS) is 16.6. The van der Waals surface area contributed by atoms with E-state index in [4.69, 9.17) is 11.6 Å². The van der Waals surface area contributed by atoms with Crippen LogP contribution >= 0.6 is 27.5 Å². The lowest BCUT2D eigenvalue weighted by Crippen LogP contribution is -2.34. The number of benzene rings is 1. The van der Waals surface area contributed by atoms with Crippen molar-refractivity contribution in [2.45, 2.75) is 25.8 Å². The molecule has 0 unspecified atom stereocenters. The highest BCUT2D eigenvalue weighted by Gasteiger charge is 2.18. The zero-order valence-electron chi connectivity index (χ0n) is 8.88. The Morgan fingerprint density at radius 2 is 2.19 bits per heavy atom. The van der Waals surface area contributed by atoms with Gasteiger partial charge in [-0.05, 0) is 30.5 Å². The van der Waals surface area contributed by atoms with Gasteiger partial charge in [-0.25, -0.2) is 0 Å². The van der Waals surface area contributed by atoms with Gasteiger partial charge in [0.2, 0.25) is 5.91 Å². The molecule has 1 heterocycles. The van der Waals surface area contributed by atoms with Gasteiger partial charge < -0.3 is 4.90 Å². The van der Waals surface area contributed by atoms with E-state index >= 15 is 0 Å². The summed E-state index contributed by atoms with van der Waals surface area (Å²) < 4.78 is 0.964. The summed E-state index contributed by atoms with van der Waals surface area (Å²) in [6.45, 7) is 1.48. The molecular formula is C12H13BrClNO. The molecule has 1 amide bonds. The van der Waals surface area contributed by atoms with E-state index in [2.05, 4.69) is 15.9 Å². The first-order valence-electron chi connectivity index (χ1n) is 5.38. The van der Waals surface area contributed by atoms with Gasteiger partial charge in [-0.2, -0.15) is 0 Å². The highest BCUT2D eigenvalue weighted by Crippen LogP contribution is 2.24. The Labute approximate surface area is 109 Å². The van der Waals surface area contributed by atoms with E-state index in [0.717, 1.165) is 29.4 Å². The number of piperidine rings is 1. The predicted octanol–water partition coefficient (Wildman–Crippen LogP) is 3.62. The van der Waals surface area contributed by atoms with E-state index in [9.17, 15) is 4.79 Å². The number of amides is 1. The molecule has 1 aliphatic heterocycles. The van der Waals surface area contributed by atoms with Gasteiger partial charge in [-0.3, -0.25) is 4.79 Å². The first-order chi connectivity index (χ1) is 7.66. The molecule has 0 radical (unpaired) electrons. The summed E-state index contributed by atoms with van der Waals surface area (Å²) in [6.07, 6.45) is 2.79. The average Bonchev–Trinajstić information content (AvgIpc) is 2.25. The smallest absolute Gasteiger partial charge is 0.222 e. The van der Waals surface area contributed by atoms with E-state index < -0.39 is 0 Å². The SMILES string of the molecule is O=C1CCCCN1Cc1ccc(Br)cc1Cl. The topological polar surface area (TPSA) is 20.3 Å². The predicted molar refractivity (Wildman–Crippen MR) is 68.4 cm³/mol. The second-order valence-corrected chi connectivity index (χ2v) is 5.33. The molecule has 0 N–H and O–H groups in total. The molecular weight excluding hydrogens is 289 g/mol. The van der Waals surface area contributed by atoms with Crippen LogP contribution in [-0.4, -0.2) is 17.4 Å². The summed E-state index contributed by atoms with van der Waals surface area (Å²) in [6, 6.07) is 5.79. The van der Waals surface area contributed by atoms with Crippen LogP contribution in [0.15, 0.2) is 22.7 Å². The van der Waals surface area contributed by atoms with Crippen LogP contribution in [0.2, 0.25) is 5.02 Å². The number of halogens is 2. The quantitative estimate of drug-likeness (QED) is 0.817. The zero-order chi connectivity index (χ0) is 11.5. The maximum Gasteiger partial charge on any atom is 0.222 e. The Balaban J connectivity index is 2.10. The van der Waals surface area contributed by atoms with Gasteiger partial charge in [0.25, 0.3) is 0 Å². The third kappa shape index (κ3) is 2.77. The van der Waals surface area contributed by atoms with Gasteiger partial charge >= 0.3 is 0 Å². The summed E-state index contributed by atoms with van der Waals surface area (Å²) in [5.41, 5.74) is 1.01. The third-order valence-corrected chi connectivity index (χ3v) is 3.64. The molecule has 0 saturated carbocycles. The molecule has 2 nitrogen and oxygen atoms in total. The van der Waals surface area contributed by atoms with Crippen molar-refractivity contribution in [2.24, 2.45) is 0 Å². The van der Waals surface area contributed by atoms with Crippen LogP contribution < -0.4 is 0 Å². The number of hydrogen-bond acceptors (Lipinski definition) is 1. The molecule has 1 aliphatic rings. The number of likely N-dealkylation sites (tertiary alicyclic amines) is 1. The van der Waals surface area contributed by atoms with Crippen molar-refractivity contribution in [3.05, 3.63) is 33.3 Å². The van der Waals surface area contributed by atoms with Crippen molar-refractivity contribution < 1.29 is 4.79 Å². The molecule has 86 valence electrons. The first kappa shape index (κ1) is 11.9. The lowest BCUT2D eigenvalue weighted by atomic mass is 10.1. The first-order valence-corrected chi connectivity index (χ1v) is 6.55. The molecule has 0 bridgehead atoms. The maximum atomic E-state index is 11.7. The average molecular weight is 303 g/mol. The third-order valence-electron chi connectivity index (χ3n) is 2.80. The van der Waals surface area contributed by atoms with Crippen LogP contribution in [0.3, 0.4) is 0 Å². The summed E-state index contributed by atoms with van der Waals surface area (Å²) in [5, 5.41) is 0.716. The van der Waals surface area contributed by atoms with Gasteiger partial charge in [-0.15, -0.1) is 0 Å². The van der Waals surface area contributed by atoms with Crippen LogP contribution in [0.1, 0.15) is 24.8 Å². The number of rotatable bonds is 2. The number of hydrogen-bond donors (Lipinski definition) is 0. The summed E-state index contributed by atoms with van der Waals surface area (Å²) in [7, 11) is 0. The van der Waals surface area contributed by atoms with Gasteiger partial charge in [0.05, 0.1) is 0 Å². The second kappa shape index (κ2) is 5.19. The van der Waals surface area contributed by atoms with Gasteiger partial charge in [0.15, 0.2) is 0 Å².